The molecular weight excluding hydrogens is 783 g/mol. The molecule has 4 aromatic carbocycles. The standard InChI is InChI=1S/C49H55N7O6/c1-28(2)37(26-43(57)61-5)47(58)55-21-8-10-42(55)46-51-38-20-19-36(25-39(38)52-46)35-18-17-33-23-32(15-16-34(33)24-35)30-11-13-31(14-12-30)40-27-50-45(53-40)41-9-7-22-56(41)48(59)44(29(3)4)54-49(60)62-6/h11-20,23-25,27-29,37,41-42,44H,7-10,21-22,26H2,1-6H3,(H,50,53)(H,51,52)(H,54,60)/t37-,41-,42?,44-/m0/s1. The molecule has 2 aliphatic rings. The Hall–Kier alpha value is -6.50. The van der Waals surface area contributed by atoms with E-state index < -0.39 is 18.1 Å². The smallest absolute Gasteiger partial charge is 0.407 e. The van der Waals surface area contributed by atoms with Crippen molar-refractivity contribution in [2.24, 2.45) is 17.8 Å². The molecular formula is C49H55N7O6. The second-order valence-electron chi connectivity index (χ2n) is 17.3. The monoisotopic (exact) mass is 837 g/mol. The van der Waals surface area contributed by atoms with Crippen LogP contribution in [0.3, 0.4) is 0 Å². The van der Waals surface area contributed by atoms with E-state index >= 15 is 0 Å². The average Bonchev–Trinajstić information content (AvgIpc) is 4.12. The maximum Gasteiger partial charge on any atom is 0.407 e. The van der Waals surface area contributed by atoms with Crippen LogP contribution in [0.2, 0.25) is 0 Å². The Morgan fingerprint density at radius 1 is 0.694 bits per heavy atom. The lowest BCUT2D eigenvalue weighted by atomic mass is 9.91. The summed E-state index contributed by atoms with van der Waals surface area (Å²) in [6.45, 7) is 8.99. The summed E-state index contributed by atoms with van der Waals surface area (Å²) in [6, 6.07) is 26.6. The fraction of sp³-hybridized carbons (Fsp3) is 0.388. The number of carbonyl (C=O) groups is 4. The quantitative estimate of drug-likeness (QED) is 0.103. The van der Waals surface area contributed by atoms with E-state index in [4.69, 9.17) is 19.4 Å². The molecule has 0 bridgehead atoms. The minimum Gasteiger partial charge on any atom is -0.469 e. The maximum atomic E-state index is 13.7. The average molecular weight is 838 g/mol. The van der Waals surface area contributed by atoms with Gasteiger partial charge in [0.2, 0.25) is 11.8 Å². The third-order valence-electron chi connectivity index (χ3n) is 12.6. The lowest BCUT2D eigenvalue weighted by Crippen LogP contribution is -2.51. The fourth-order valence-electron chi connectivity index (χ4n) is 9.06. The summed E-state index contributed by atoms with van der Waals surface area (Å²) in [4.78, 5) is 71.8. The third-order valence-corrected chi connectivity index (χ3v) is 12.6. The molecule has 62 heavy (non-hydrogen) atoms. The van der Waals surface area contributed by atoms with Crippen molar-refractivity contribution in [3.05, 3.63) is 96.7 Å². The Morgan fingerprint density at radius 3 is 1.90 bits per heavy atom. The highest BCUT2D eigenvalue weighted by molar-refractivity contribution is 5.92. The number of rotatable bonds is 12. The number of imidazole rings is 2. The van der Waals surface area contributed by atoms with Gasteiger partial charge < -0.3 is 34.6 Å². The van der Waals surface area contributed by atoms with E-state index in [0.717, 1.165) is 92.6 Å². The van der Waals surface area contributed by atoms with Crippen LogP contribution in [0.25, 0.3) is 55.3 Å². The zero-order valence-corrected chi connectivity index (χ0v) is 36.2. The summed E-state index contributed by atoms with van der Waals surface area (Å²) in [7, 11) is 2.65. The number of ether oxygens (including phenoxy) is 2. The summed E-state index contributed by atoms with van der Waals surface area (Å²) in [6.07, 6.45) is 4.60. The van der Waals surface area contributed by atoms with Crippen LogP contribution in [0.4, 0.5) is 4.79 Å². The van der Waals surface area contributed by atoms with Gasteiger partial charge in [0.1, 0.15) is 17.7 Å². The second-order valence-corrected chi connectivity index (χ2v) is 17.3. The molecule has 0 radical (unpaired) electrons. The summed E-state index contributed by atoms with van der Waals surface area (Å²) >= 11 is 0. The van der Waals surface area contributed by atoms with Crippen molar-refractivity contribution in [1.82, 2.24) is 35.1 Å². The van der Waals surface area contributed by atoms with Gasteiger partial charge in [0.15, 0.2) is 0 Å². The van der Waals surface area contributed by atoms with Crippen LogP contribution in [0, 0.1) is 17.8 Å². The molecule has 2 saturated heterocycles. The fourth-order valence-corrected chi connectivity index (χ4v) is 9.06. The molecule has 13 nitrogen and oxygen atoms in total. The second kappa shape index (κ2) is 17.8. The van der Waals surface area contributed by atoms with Crippen LogP contribution in [0.15, 0.2) is 85.1 Å². The first kappa shape index (κ1) is 42.2. The van der Waals surface area contributed by atoms with Crippen LogP contribution in [-0.2, 0) is 23.9 Å². The van der Waals surface area contributed by atoms with E-state index in [1.165, 1.54) is 14.2 Å². The Kier molecular flexibility index (Phi) is 12.1. The van der Waals surface area contributed by atoms with Crippen molar-refractivity contribution in [1.29, 1.82) is 0 Å². The van der Waals surface area contributed by atoms with E-state index in [-0.39, 0.29) is 48.1 Å². The van der Waals surface area contributed by atoms with Crippen molar-refractivity contribution >= 4 is 45.7 Å². The maximum absolute atomic E-state index is 13.7. The molecule has 4 atom stereocenters. The molecule has 8 rings (SSSR count). The van der Waals surface area contributed by atoms with Gasteiger partial charge in [-0.3, -0.25) is 14.4 Å². The molecule has 322 valence electrons. The van der Waals surface area contributed by atoms with Gasteiger partial charge in [-0.2, -0.15) is 0 Å². The van der Waals surface area contributed by atoms with Crippen LogP contribution in [0.1, 0.15) is 83.5 Å². The predicted molar refractivity (Wildman–Crippen MR) is 239 cm³/mol. The van der Waals surface area contributed by atoms with Gasteiger partial charge in [-0.15, -0.1) is 0 Å². The number of hydrogen-bond acceptors (Lipinski definition) is 8. The van der Waals surface area contributed by atoms with E-state index in [1.54, 1.807) is 0 Å². The molecule has 0 spiro atoms. The number of likely N-dealkylation sites (tertiary alicyclic amines) is 2. The molecule has 13 heteroatoms. The minimum absolute atomic E-state index is 0.00470. The van der Waals surface area contributed by atoms with Crippen molar-refractivity contribution in [3.8, 4) is 33.5 Å². The number of aromatic amines is 2. The van der Waals surface area contributed by atoms with Gasteiger partial charge in [-0.25, -0.2) is 14.8 Å². The first-order valence-electron chi connectivity index (χ1n) is 21.6. The van der Waals surface area contributed by atoms with E-state index in [2.05, 4.69) is 88.1 Å². The van der Waals surface area contributed by atoms with Crippen LogP contribution < -0.4 is 5.32 Å². The molecule has 3 N–H and O–H groups in total. The van der Waals surface area contributed by atoms with E-state index in [9.17, 15) is 19.2 Å². The van der Waals surface area contributed by atoms with E-state index in [0.29, 0.717) is 13.1 Å². The van der Waals surface area contributed by atoms with Gasteiger partial charge >= 0.3 is 12.1 Å². The van der Waals surface area contributed by atoms with Crippen molar-refractivity contribution in [2.45, 2.75) is 77.9 Å². The minimum atomic E-state index is -0.685. The van der Waals surface area contributed by atoms with Gasteiger partial charge in [0.05, 0.1) is 61.6 Å². The van der Waals surface area contributed by atoms with Gasteiger partial charge in [-0.1, -0.05) is 82.3 Å². The summed E-state index contributed by atoms with van der Waals surface area (Å²) in [5, 5.41) is 4.97. The number of nitrogens with one attached hydrogen (secondary N) is 3. The van der Waals surface area contributed by atoms with Crippen molar-refractivity contribution in [2.75, 3.05) is 27.3 Å². The number of methoxy groups -OCH3 is 2. The molecule has 2 fully saturated rings. The number of benzene rings is 4. The summed E-state index contributed by atoms with van der Waals surface area (Å²) in [5.41, 5.74) is 7.99. The number of esters is 1. The SMILES string of the molecule is COC(=O)C[C@H](C(=O)N1CCCC1c1nc2ccc(-c3ccc4cc(-c5ccc(-c6cnc([C@@H]7CCCN7C(=O)[C@@H](NC(=O)OC)C(C)C)[nH]6)cc5)ccc4c3)cc2[nH]1)C(C)C. The van der Waals surface area contributed by atoms with Crippen LogP contribution >= 0.6 is 0 Å². The molecule has 0 saturated carbocycles. The van der Waals surface area contributed by atoms with Crippen LogP contribution in [0.5, 0.6) is 0 Å². The molecule has 2 aliphatic heterocycles. The third kappa shape index (κ3) is 8.53. The molecule has 6 aromatic rings. The summed E-state index contributed by atoms with van der Waals surface area (Å²) < 4.78 is 9.67. The predicted octanol–water partition coefficient (Wildman–Crippen LogP) is 8.98. The zero-order valence-electron chi connectivity index (χ0n) is 36.2. The summed E-state index contributed by atoms with van der Waals surface area (Å²) in [5.74, 6) is 0.440. The Balaban J connectivity index is 0.951. The number of H-pyrrole nitrogens is 2. The first-order chi connectivity index (χ1) is 29.9. The number of hydrogen-bond donors (Lipinski definition) is 3. The lowest BCUT2D eigenvalue weighted by Gasteiger charge is -2.30. The largest absolute Gasteiger partial charge is 0.469 e. The van der Waals surface area contributed by atoms with Gasteiger partial charge in [0.25, 0.3) is 0 Å². The number of nitrogens with zero attached hydrogens (tertiary/aromatic N) is 4. The molecule has 3 amide bonds. The number of alkyl carbamates (subject to hydrolysis) is 1. The Morgan fingerprint density at radius 2 is 1.27 bits per heavy atom. The number of fused-ring (bicyclic) bond motifs is 2. The van der Waals surface area contributed by atoms with E-state index in [1.807, 2.05) is 49.8 Å². The molecule has 1 unspecified atom stereocenters. The zero-order chi connectivity index (χ0) is 43.7. The van der Waals surface area contributed by atoms with Gasteiger partial charge in [0, 0.05) is 13.1 Å². The highest BCUT2D eigenvalue weighted by atomic mass is 16.5. The number of carbonyl (C=O) groups excluding carboxylic acids is 4. The Bertz CT molecular complexity index is 2610. The Labute approximate surface area is 361 Å². The van der Waals surface area contributed by atoms with Gasteiger partial charge in [-0.05, 0) is 100 Å². The van der Waals surface area contributed by atoms with Crippen molar-refractivity contribution < 1.29 is 28.7 Å². The highest BCUT2D eigenvalue weighted by Gasteiger charge is 2.39. The van der Waals surface area contributed by atoms with Crippen LogP contribution in [-0.4, -0.2) is 87.0 Å². The topological polar surface area (TPSA) is 163 Å². The first-order valence-corrected chi connectivity index (χ1v) is 21.6. The number of amides is 3. The lowest BCUT2D eigenvalue weighted by molar-refractivity contribution is -0.148. The highest BCUT2D eigenvalue weighted by Crippen LogP contribution is 2.37. The normalized spacial score (nSPS) is 17.5. The number of aromatic nitrogens is 4. The molecule has 2 aromatic heterocycles. The van der Waals surface area contributed by atoms with Crippen molar-refractivity contribution in [3.63, 3.8) is 0 Å². The molecule has 4 heterocycles. The molecule has 0 aliphatic carbocycles.